The van der Waals surface area contributed by atoms with E-state index >= 15 is 0 Å². The lowest BCUT2D eigenvalue weighted by atomic mass is 9.69. The molecular weight excluding hydrogens is 220 g/mol. The lowest BCUT2D eigenvalue weighted by Gasteiger charge is -2.46. The molecule has 3 unspecified atom stereocenters. The molecule has 0 aromatic heterocycles. The first-order valence-electron chi connectivity index (χ1n) is 7.72. The lowest BCUT2D eigenvalue weighted by Crippen LogP contribution is -2.54. The second-order valence-corrected chi connectivity index (χ2v) is 7.37. The van der Waals surface area contributed by atoms with Crippen molar-refractivity contribution in [1.29, 1.82) is 0 Å². The van der Waals surface area contributed by atoms with Gasteiger partial charge in [0.15, 0.2) is 0 Å². The number of nitrogens with one attached hydrogen (secondary N) is 1. The summed E-state index contributed by atoms with van der Waals surface area (Å²) in [4.78, 5) is 2.57. The van der Waals surface area contributed by atoms with Gasteiger partial charge in [-0.15, -0.1) is 0 Å². The summed E-state index contributed by atoms with van der Waals surface area (Å²) in [5.74, 6) is 0.860. The zero-order valence-corrected chi connectivity index (χ0v) is 13.6. The molecule has 0 saturated heterocycles. The maximum Gasteiger partial charge on any atom is 0.0251 e. The Labute approximate surface area is 115 Å². The number of likely N-dealkylation sites (N-methyl/N-ethyl adjacent to an activating group) is 2. The van der Waals surface area contributed by atoms with Crippen LogP contribution in [0.3, 0.4) is 0 Å². The van der Waals surface area contributed by atoms with Crippen LogP contribution in [-0.2, 0) is 0 Å². The maximum atomic E-state index is 3.70. The highest BCUT2D eigenvalue weighted by atomic mass is 15.2. The predicted molar refractivity (Wildman–Crippen MR) is 80.9 cm³/mol. The number of nitrogens with zero attached hydrogens (tertiary/aromatic N) is 1. The van der Waals surface area contributed by atoms with Crippen molar-refractivity contribution < 1.29 is 0 Å². The second-order valence-electron chi connectivity index (χ2n) is 7.37. The third kappa shape index (κ3) is 3.96. The SMILES string of the molecule is CCNC1CCC(C(C)(C)C)CC1N(C)C(C)C. The van der Waals surface area contributed by atoms with Gasteiger partial charge in [-0.05, 0) is 58.0 Å². The van der Waals surface area contributed by atoms with E-state index in [1.807, 2.05) is 0 Å². The van der Waals surface area contributed by atoms with Crippen molar-refractivity contribution in [3.63, 3.8) is 0 Å². The normalized spacial score (nSPS) is 30.2. The number of rotatable bonds is 4. The van der Waals surface area contributed by atoms with Crippen LogP contribution in [0.1, 0.15) is 60.8 Å². The van der Waals surface area contributed by atoms with E-state index in [1.54, 1.807) is 0 Å². The minimum absolute atomic E-state index is 0.452. The van der Waals surface area contributed by atoms with Crippen LogP contribution in [0.4, 0.5) is 0 Å². The summed E-state index contributed by atoms with van der Waals surface area (Å²) in [7, 11) is 2.30. The molecule has 0 aliphatic heterocycles. The molecule has 0 aromatic rings. The van der Waals surface area contributed by atoms with Gasteiger partial charge in [0.05, 0.1) is 0 Å². The Balaban J connectivity index is 2.76. The molecule has 1 N–H and O–H groups in total. The minimum atomic E-state index is 0.452. The smallest absolute Gasteiger partial charge is 0.0251 e. The van der Waals surface area contributed by atoms with Crippen molar-refractivity contribution in [2.24, 2.45) is 11.3 Å². The zero-order valence-electron chi connectivity index (χ0n) is 13.6. The van der Waals surface area contributed by atoms with E-state index in [-0.39, 0.29) is 0 Å². The fourth-order valence-electron chi connectivity index (χ4n) is 3.27. The molecule has 0 amide bonds. The lowest BCUT2D eigenvalue weighted by molar-refractivity contribution is 0.0578. The fraction of sp³-hybridized carbons (Fsp3) is 1.00. The molecule has 18 heavy (non-hydrogen) atoms. The number of hydrogen-bond donors (Lipinski definition) is 1. The first-order valence-corrected chi connectivity index (χ1v) is 7.72. The molecule has 1 fully saturated rings. The van der Waals surface area contributed by atoms with E-state index in [1.165, 1.54) is 19.3 Å². The largest absolute Gasteiger partial charge is 0.313 e. The summed E-state index contributed by atoms with van der Waals surface area (Å²) in [6.45, 7) is 15.1. The summed E-state index contributed by atoms with van der Waals surface area (Å²) in [6.07, 6.45) is 4.05. The van der Waals surface area contributed by atoms with Gasteiger partial charge in [0.1, 0.15) is 0 Å². The highest BCUT2D eigenvalue weighted by molar-refractivity contribution is 4.94. The Kier molecular flexibility index (Phi) is 5.67. The summed E-state index contributed by atoms with van der Waals surface area (Å²) in [5, 5.41) is 3.70. The van der Waals surface area contributed by atoms with Gasteiger partial charge in [-0.25, -0.2) is 0 Å². The molecule has 0 radical (unpaired) electrons. The maximum absolute atomic E-state index is 3.70. The Hall–Kier alpha value is -0.0800. The Morgan fingerprint density at radius 1 is 1.22 bits per heavy atom. The van der Waals surface area contributed by atoms with Crippen LogP contribution in [-0.4, -0.2) is 36.6 Å². The molecule has 0 aromatic carbocycles. The van der Waals surface area contributed by atoms with Gasteiger partial charge in [0.2, 0.25) is 0 Å². The molecule has 1 aliphatic rings. The van der Waals surface area contributed by atoms with E-state index in [0.717, 1.165) is 12.5 Å². The van der Waals surface area contributed by atoms with Crippen LogP contribution in [0.15, 0.2) is 0 Å². The van der Waals surface area contributed by atoms with E-state index in [4.69, 9.17) is 0 Å². The molecule has 2 nitrogen and oxygen atoms in total. The van der Waals surface area contributed by atoms with Gasteiger partial charge >= 0.3 is 0 Å². The summed E-state index contributed by atoms with van der Waals surface area (Å²) < 4.78 is 0. The minimum Gasteiger partial charge on any atom is -0.313 e. The van der Waals surface area contributed by atoms with Crippen molar-refractivity contribution in [1.82, 2.24) is 10.2 Å². The molecule has 2 heteroatoms. The van der Waals surface area contributed by atoms with Crippen LogP contribution in [0, 0.1) is 11.3 Å². The Morgan fingerprint density at radius 2 is 1.83 bits per heavy atom. The zero-order chi connectivity index (χ0) is 13.9. The molecule has 1 rings (SSSR count). The first-order chi connectivity index (χ1) is 8.27. The van der Waals surface area contributed by atoms with Gasteiger partial charge in [-0.3, -0.25) is 4.90 Å². The van der Waals surface area contributed by atoms with Crippen molar-refractivity contribution in [3.8, 4) is 0 Å². The van der Waals surface area contributed by atoms with Crippen LogP contribution >= 0.6 is 0 Å². The summed E-state index contributed by atoms with van der Waals surface area (Å²) >= 11 is 0. The molecule has 3 atom stereocenters. The van der Waals surface area contributed by atoms with Gasteiger partial charge in [-0.2, -0.15) is 0 Å². The van der Waals surface area contributed by atoms with Crippen molar-refractivity contribution in [3.05, 3.63) is 0 Å². The van der Waals surface area contributed by atoms with E-state index in [0.29, 0.717) is 23.5 Å². The van der Waals surface area contributed by atoms with Crippen LogP contribution < -0.4 is 5.32 Å². The van der Waals surface area contributed by atoms with Gasteiger partial charge in [-0.1, -0.05) is 27.7 Å². The van der Waals surface area contributed by atoms with Crippen molar-refractivity contribution in [2.45, 2.75) is 78.9 Å². The topological polar surface area (TPSA) is 15.3 Å². The summed E-state index contributed by atoms with van der Waals surface area (Å²) in [5.41, 5.74) is 0.452. The van der Waals surface area contributed by atoms with Crippen LogP contribution in [0.25, 0.3) is 0 Å². The van der Waals surface area contributed by atoms with Crippen LogP contribution in [0.5, 0.6) is 0 Å². The second kappa shape index (κ2) is 6.38. The fourth-order valence-corrected chi connectivity index (χ4v) is 3.27. The highest BCUT2D eigenvalue weighted by Gasteiger charge is 2.37. The molecule has 1 saturated carbocycles. The third-order valence-electron chi connectivity index (χ3n) is 4.85. The summed E-state index contributed by atoms with van der Waals surface area (Å²) in [6, 6.07) is 2.01. The van der Waals surface area contributed by atoms with E-state index < -0.39 is 0 Å². The molecule has 1 aliphatic carbocycles. The molecule has 0 bridgehead atoms. The quantitative estimate of drug-likeness (QED) is 0.826. The van der Waals surface area contributed by atoms with E-state index in [2.05, 4.69) is 58.8 Å². The Morgan fingerprint density at radius 3 is 2.28 bits per heavy atom. The van der Waals surface area contributed by atoms with Crippen molar-refractivity contribution in [2.75, 3.05) is 13.6 Å². The predicted octanol–water partition coefficient (Wildman–Crippen LogP) is 3.52. The Bertz CT molecular complexity index is 242. The average molecular weight is 254 g/mol. The molecule has 108 valence electrons. The third-order valence-corrected chi connectivity index (χ3v) is 4.85. The van der Waals surface area contributed by atoms with Crippen molar-refractivity contribution >= 4 is 0 Å². The average Bonchev–Trinajstić information content (AvgIpc) is 2.27. The number of hydrogen-bond acceptors (Lipinski definition) is 2. The first kappa shape index (κ1) is 16.0. The molecule has 0 spiro atoms. The highest BCUT2D eigenvalue weighted by Crippen LogP contribution is 2.39. The van der Waals surface area contributed by atoms with E-state index in [9.17, 15) is 0 Å². The van der Waals surface area contributed by atoms with Gasteiger partial charge in [0, 0.05) is 18.1 Å². The standard InChI is InChI=1S/C16H34N2/c1-8-17-14-10-9-13(16(4,5)6)11-15(14)18(7)12(2)3/h12-15,17H,8-11H2,1-7H3. The van der Waals surface area contributed by atoms with Crippen LogP contribution in [0.2, 0.25) is 0 Å². The van der Waals surface area contributed by atoms with Gasteiger partial charge < -0.3 is 5.32 Å². The monoisotopic (exact) mass is 254 g/mol. The molecule has 0 heterocycles. The van der Waals surface area contributed by atoms with Gasteiger partial charge in [0.25, 0.3) is 0 Å². The molecular formula is C16H34N2.